The lowest BCUT2D eigenvalue weighted by Gasteiger charge is -2.14. The van der Waals surface area contributed by atoms with Crippen LogP contribution in [0.1, 0.15) is 35.8 Å². The van der Waals surface area contributed by atoms with E-state index in [4.69, 9.17) is 4.74 Å². The minimum absolute atomic E-state index is 0.0166. The lowest BCUT2D eigenvalue weighted by atomic mass is 9.97. The van der Waals surface area contributed by atoms with Gasteiger partial charge in [-0.15, -0.1) is 0 Å². The van der Waals surface area contributed by atoms with Crippen molar-refractivity contribution in [2.75, 3.05) is 20.7 Å². The fourth-order valence-corrected chi connectivity index (χ4v) is 2.53. The Morgan fingerprint density at radius 2 is 2.09 bits per heavy atom. The summed E-state index contributed by atoms with van der Waals surface area (Å²) in [6, 6.07) is 5.63. The second-order valence-electron chi connectivity index (χ2n) is 5.24. The van der Waals surface area contributed by atoms with Crippen LogP contribution in [0.3, 0.4) is 0 Å². The maximum atomic E-state index is 12.1. The van der Waals surface area contributed by atoms with Gasteiger partial charge in [-0.2, -0.15) is 0 Å². The molecule has 0 aliphatic rings. The van der Waals surface area contributed by atoms with Gasteiger partial charge in [-0.05, 0) is 23.8 Å². The summed E-state index contributed by atoms with van der Waals surface area (Å²) in [6.45, 7) is 3.92. The Morgan fingerprint density at radius 1 is 1.36 bits per heavy atom. The van der Waals surface area contributed by atoms with Crippen molar-refractivity contribution in [3.8, 4) is 5.75 Å². The van der Waals surface area contributed by atoms with Gasteiger partial charge in [0.05, 0.1) is 7.11 Å². The lowest BCUT2D eigenvalue weighted by molar-refractivity contribution is -0.119. The summed E-state index contributed by atoms with van der Waals surface area (Å²) in [5.74, 6) is 0.436. The first-order valence-electron chi connectivity index (χ1n) is 7.14. The Kier molecular flexibility index (Phi) is 4.70. The molecule has 1 atom stereocenters. The molecule has 1 aromatic carbocycles. The minimum atomic E-state index is -0.181. The topological polar surface area (TPSA) is 83.2 Å². The molecule has 22 heavy (non-hydrogen) atoms. The van der Waals surface area contributed by atoms with E-state index >= 15 is 0 Å². The van der Waals surface area contributed by atoms with Gasteiger partial charge in [0.25, 0.3) is 5.91 Å². The number of carbonyl (C=O) groups excluding carboxylic acids is 2. The summed E-state index contributed by atoms with van der Waals surface area (Å²) in [6.07, 6.45) is 0. The number of hydrogen-bond donors (Lipinski definition) is 3. The first kappa shape index (κ1) is 15.9. The SMILES string of the molecule is CNC(=O)c1[nH]c2ccc(OC)cc2c1C(C)CNC(C)=O. The largest absolute Gasteiger partial charge is 0.497 e. The first-order chi connectivity index (χ1) is 10.5. The highest BCUT2D eigenvalue weighted by Gasteiger charge is 2.22. The third kappa shape index (κ3) is 3.05. The summed E-state index contributed by atoms with van der Waals surface area (Å²) in [5.41, 5.74) is 2.26. The van der Waals surface area contributed by atoms with E-state index in [-0.39, 0.29) is 17.7 Å². The maximum Gasteiger partial charge on any atom is 0.267 e. The number of benzene rings is 1. The molecule has 6 nitrogen and oxygen atoms in total. The van der Waals surface area contributed by atoms with Crippen LogP contribution in [0.4, 0.5) is 0 Å². The molecule has 6 heteroatoms. The molecule has 2 rings (SSSR count). The van der Waals surface area contributed by atoms with Gasteiger partial charge in [0.15, 0.2) is 0 Å². The van der Waals surface area contributed by atoms with Crippen LogP contribution >= 0.6 is 0 Å². The Bertz CT molecular complexity index is 706. The third-order valence-electron chi connectivity index (χ3n) is 3.65. The number of ether oxygens (including phenoxy) is 1. The Morgan fingerprint density at radius 3 is 2.68 bits per heavy atom. The molecule has 1 aromatic heterocycles. The normalized spacial score (nSPS) is 12.0. The van der Waals surface area contributed by atoms with Gasteiger partial charge in [-0.3, -0.25) is 9.59 Å². The van der Waals surface area contributed by atoms with Crippen LogP contribution < -0.4 is 15.4 Å². The van der Waals surface area contributed by atoms with E-state index in [2.05, 4.69) is 15.6 Å². The van der Waals surface area contributed by atoms with Crippen molar-refractivity contribution in [3.63, 3.8) is 0 Å². The van der Waals surface area contributed by atoms with Crippen LogP contribution in [0.15, 0.2) is 18.2 Å². The van der Waals surface area contributed by atoms with Crippen molar-refractivity contribution in [3.05, 3.63) is 29.5 Å². The fourth-order valence-electron chi connectivity index (χ4n) is 2.53. The highest BCUT2D eigenvalue weighted by Crippen LogP contribution is 2.31. The second-order valence-corrected chi connectivity index (χ2v) is 5.24. The zero-order valence-electron chi connectivity index (χ0n) is 13.2. The van der Waals surface area contributed by atoms with Gasteiger partial charge >= 0.3 is 0 Å². The molecule has 2 amide bonds. The number of fused-ring (bicyclic) bond motifs is 1. The fraction of sp³-hybridized carbons (Fsp3) is 0.375. The average Bonchev–Trinajstić information content (AvgIpc) is 2.90. The van der Waals surface area contributed by atoms with Crippen LogP contribution in [0, 0.1) is 0 Å². The van der Waals surface area contributed by atoms with Gasteiger partial charge < -0.3 is 20.4 Å². The average molecular weight is 303 g/mol. The Hall–Kier alpha value is -2.50. The van der Waals surface area contributed by atoms with E-state index in [0.717, 1.165) is 22.2 Å². The summed E-state index contributed by atoms with van der Waals surface area (Å²) < 4.78 is 5.27. The quantitative estimate of drug-likeness (QED) is 0.787. The standard InChI is InChI=1S/C16H21N3O3/c1-9(8-18-10(2)20)14-12-7-11(22-4)5-6-13(12)19-15(14)16(21)17-3/h5-7,9,19H,8H2,1-4H3,(H,17,21)(H,18,20). The first-order valence-corrected chi connectivity index (χ1v) is 7.14. The molecule has 0 aliphatic heterocycles. The van der Waals surface area contributed by atoms with Gasteiger partial charge in [0.2, 0.25) is 5.91 Å². The molecule has 0 saturated heterocycles. The van der Waals surface area contributed by atoms with Crippen LogP contribution in [-0.2, 0) is 4.79 Å². The highest BCUT2D eigenvalue weighted by molar-refractivity contribution is 6.01. The molecule has 0 saturated carbocycles. The van der Waals surface area contributed by atoms with Crippen LogP contribution in [-0.4, -0.2) is 37.5 Å². The van der Waals surface area contributed by atoms with Gasteiger partial charge in [-0.25, -0.2) is 0 Å². The summed E-state index contributed by atoms with van der Waals surface area (Å²) in [4.78, 5) is 26.4. The van der Waals surface area contributed by atoms with Crippen molar-refractivity contribution >= 4 is 22.7 Å². The molecule has 0 aliphatic carbocycles. The minimum Gasteiger partial charge on any atom is -0.497 e. The molecule has 0 fully saturated rings. The van der Waals surface area contributed by atoms with Crippen molar-refractivity contribution in [2.24, 2.45) is 0 Å². The third-order valence-corrected chi connectivity index (χ3v) is 3.65. The molecule has 0 bridgehead atoms. The molecule has 1 heterocycles. The van der Waals surface area contributed by atoms with Crippen LogP contribution in [0.2, 0.25) is 0 Å². The van der Waals surface area contributed by atoms with E-state index < -0.39 is 0 Å². The summed E-state index contributed by atoms with van der Waals surface area (Å²) in [5, 5.41) is 6.36. The van der Waals surface area contributed by atoms with E-state index in [0.29, 0.717) is 12.2 Å². The zero-order valence-corrected chi connectivity index (χ0v) is 13.2. The number of aromatic amines is 1. The molecule has 2 aromatic rings. The monoisotopic (exact) mass is 303 g/mol. The maximum absolute atomic E-state index is 12.1. The predicted octanol–water partition coefficient (Wildman–Crippen LogP) is 1.78. The molecule has 0 spiro atoms. The number of methoxy groups -OCH3 is 1. The zero-order chi connectivity index (χ0) is 16.3. The molecule has 3 N–H and O–H groups in total. The molecular formula is C16H21N3O3. The van der Waals surface area contributed by atoms with Gasteiger partial charge in [0.1, 0.15) is 11.4 Å². The van der Waals surface area contributed by atoms with E-state index in [9.17, 15) is 9.59 Å². The lowest BCUT2D eigenvalue weighted by Crippen LogP contribution is -2.26. The Labute approximate surface area is 129 Å². The van der Waals surface area contributed by atoms with Crippen LogP contribution in [0.5, 0.6) is 5.75 Å². The summed E-state index contributed by atoms with van der Waals surface area (Å²) >= 11 is 0. The molecule has 0 radical (unpaired) electrons. The van der Waals surface area contributed by atoms with Gasteiger partial charge in [-0.1, -0.05) is 6.92 Å². The Balaban J connectivity index is 2.54. The highest BCUT2D eigenvalue weighted by atomic mass is 16.5. The number of hydrogen-bond acceptors (Lipinski definition) is 3. The molecule has 118 valence electrons. The van der Waals surface area contributed by atoms with Gasteiger partial charge in [0, 0.05) is 37.3 Å². The summed E-state index contributed by atoms with van der Waals surface area (Å²) in [7, 11) is 3.20. The number of rotatable bonds is 5. The number of amides is 2. The predicted molar refractivity (Wildman–Crippen MR) is 85.3 cm³/mol. The molecule has 1 unspecified atom stereocenters. The number of nitrogens with one attached hydrogen (secondary N) is 3. The second kappa shape index (κ2) is 6.51. The van der Waals surface area contributed by atoms with E-state index in [1.165, 1.54) is 6.92 Å². The van der Waals surface area contributed by atoms with Crippen molar-refractivity contribution < 1.29 is 14.3 Å². The van der Waals surface area contributed by atoms with Crippen molar-refractivity contribution in [1.82, 2.24) is 15.6 Å². The number of H-pyrrole nitrogens is 1. The smallest absolute Gasteiger partial charge is 0.267 e. The molecular weight excluding hydrogens is 282 g/mol. The number of carbonyl (C=O) groups is 2. The van der Waals surface area contributed by atoms with Crippen molar-refractivity contribution in [1.29, 1.82) is 0 Å². The number of aromatic nitrogens is 1. The van der Waals surface area contributed by atoms with Crippen molar-refractivity contribution in [2.45, 2.75) is 19.8 Å². The van der Waals surface area contributed by atoms with E-state index in [1.807, 2.05) is 25.1 Å². The van der Waals surface area contributed by atoms with Crippen LogP contribution in [0.25, 0.3) is 10.9 Å². The van der Waals surface area contributed by atoms with E-state index in [1.54, 1.807) is 14.2 Å².